The molecule has 0 spiro atoms. The minimum absolute atomic E-state index is 0.0595. The number of hydrogen-bond donors (Lipinski definition) is 1. The maximum atomic E-state index is 13.0. The Bertz CT molecular complexity index is 493. The van der Waals surface area contributed by atoms with Crippen molar-refractivity contribution < 1.29 is 9.21 Å². The van der Waals surface area contributed by atoms with Crippen LogP contribution in [0.15, 0.2) is 22.8 Å². The molecular formula is C16H22N2O2. The number of rotatable bonds is 4. The number of fused-ring (bicyclic) bond motifs is 2. The average molecular weight is 274 g/mol. The minimum atomic E-state index is 0.0595. The summed E-state index contributed by atoms with van der Waals surface area (Å²) < 4.78 is 5.42. The number of nitrogens with zero attached hydrogens (tertiary/aromatic N) is 1. The summed E-state index contributed by atoms with van der Waals surface area (Å²) >= 11 is 0. The summed E-state index contributed by atoms with van der Waals surface area (Å²) in [5, 5.41) is 0. The molecule has 3 saturated carbocycles. The van der Waals surface area contributed by atoms with Gasteiger partial charge in [-0.3, -0.25) is 4.79 Å². The standard InChI is InChI=1S/C16H22N2O2/c17-15-11-4-3-10(8-11)14(15)16(19)18(12-5-6-12)9-13-2-1-7-20-13/h1-2,7,10-12,14-15H,3-6,8-9,17H2. The first kappa shape index (κ1) is 12.5. The molecule has 0 aliphatic heterocycles. The fraction of sp³-hybridized carbons (Fsp3) is 0.688. The zero-order valence-electron chi connectivity index (χ0n) is 11.7. The molecule has 3 fully saturated rings. The van der Waals surface area contributed by atoms with Gasteiger partial charge in [-0.25, -0.2) is 0 Å². The Kier molecular flexibility index (Phi) is 2.88. The van der Waals surface area contributed by atoms with Gasteiger partial charge >= 0.3 is 0 Å². The number of nitrogens with two attached hydrogens (primary N) is 1. The number of carbonyl (C=O) groups is 1. The third kappa shape index (κ3) is 1.97. The first-order valence-corrected chi connectivity index (χ1v) is 7.82. The number of carbonyl (C=O) groups excluding carboxylic acids is 1. The molecule has 0 saturated heterocycles. The minimum Gasteiger partial charge on any atom is -0.467 e. The molecular weight excluding hydrogens is 252 g/mol. The van der Waals surface area contributed by atoms with Gasteiger partial charge in [-0.05, 0) is 56.1 Å². The number of amides is 1. The molecule has 3 aliphatic rings. The van der Waals surface area contributed by atoms with Crippen LogP contribution in [0.3, 0.4) is 0 Å². The lowest BCUT2D eigenvalue weighted by Crippen LogP contribution is -2.47. The van der Waals surface area contributed by atoms with Gasteiger partial charge in [-0.1, -0.05) is 0 Å². The van der Waals surface area contributed by atoms with E-state index in [0.717, 1.165) is 25.0 Å². The molecule has 4 unspecified atom stereocenters. The van der Waals surface area contributed by atoms with Crippen LogP contribution >= 0.6 is 0 Å². The van der Waals surface area contributed by atoms with Crippen molar-refractivity contribution in [2.24, 2.45) is 23.5 Å². The van der Waals surface area contributed by atoms with Gasteiger partial charge in [0.05, 0.1) is 18.7 Å². The smallest absolute Gasteiger partial charge is 0.228 e. The number of hydrogen-bond acceptors (Lipinski definition) is 3. The summed E-state index contributed by atoms with van der Waals surface area (Å²) in [6.07, 6.45) is 7.50. The Morgan fingerprint density at radius 1 is 1.30 bits per heavy atom. The van der Waals surface area contributed by atoms with Crippen LogP contribution in [0.1, 0.15) is 37.9 Å². The summed E-state index contributed by atoms with van der Waals surface area (Å²) in [6.45, 7) is 0.608. The predicted molar refractivity (Wildman–Crippen MR) is 74.6 cm³/mol. The summed E-state index contributed by atoms with van der Waals surface area (Å²) in [6, 6.07) is 4.33. The summed E-state index contributed by atoms with van der Waals surface area (Å²) in [7, 11) is 0. The van der Waals surface area contributed by atoms with E-state index in [1.165, 1.54) is 12.8 Å². The summed E-state index contributed by atoms with van der Waals surface area (Å²) in [4.78, 5) is 15.0. The molecule has 0 radical (unpaired) electrons. The number of furan rings is 1. The molecule has 2 bridgehead atoms. The van der Waals surface area contributed by atoms with E-state index in [4.69, 9.17) is 10.2 Å². The average Bonchev–Trinajstić information content (AvgIpc) is 2.89. The van der Waals surface area contributed by atoms with Crippen molar-refractivity contribution in [2.75, 3.05) is 0 Å². The van der Waals surface area contributed by atoms with E-state index in [9.17, 15) is 4.79 Å². The SMILES string of the molecule is NC1C2CCC(C2)C1C(=O)N(Cc1ccco1)C1CC1. The topological polar surface area (TPSA) is 59.5 Å². The Balaban J connectivity index is 1.53. The van der Waals surface area contributed by atoms with Crippen LogP contribution < -0.4 is 5.73 Å². The molecule has 108 valence electrons. The summed E-state index contributed by atoms with van der Waals surface area (Å²) in [5.74, 6) is 2.33. The highest BCUT2D eigenvalue weighted by atomic mass is 16.3. The van der Waals surface area contributed by atoms with Gasteiger partial charge in [0, 0.05) is 12.1 Å². The molecule has 1 heterocycles. The van der Waals surface area contributed by atoms with Gasteiger partial charge in [0.1, 0.15) is 5.76 Å². The van der Waals surface area contributed by atoms with Crippen molar-refractivity contribution in [3.05, 3.63) is 24.2 Å². The van der Waals surface area contributed by atoms with E-state index in [0.29, 0.717) is 24.4 Å². The largest absolute Gasteiger partial charge is 0.467 e. The molecule has 20 heavy (non-hydrogen) atoms. The van der Waals surface area contributed by atoms with Crippen molar-refractivity contribution >= 4 is 5.91 Å². The maximum absolute atomic E-state index is 13.0. The van der Waals surface area contributed by atoms with Gasteiger partial charge in [-0.2, -0.15) is 0 Å². The summed E-state index contributed by atoms with van der Waals surface area (Å²) in [5.41, 5.74) is 6.33. The fourth-order valence-electron chi connectivity index (χ4n) is 4.24. The lowest BCUT2D eigenvalue weighted by atomic mass is 9.84. The quantitative estimate of drug-likeness (QED) is 0.915. The zero-order chi connectivity index (χ0) is 13.7. The third-order valence-electron chi connectivity index (χ3n) is 5.44. The molecule has 1 aromatic heterocycles. The van der Waals surface area contributed by atoms with E-state index in [1.807, 2.05) is 17.0 Å². The monoisotopic (exact) mass is 274 g/mol. The molecule has 4 rings (SSSR count). The van der Waals surface area contributed by atoms with Crippen molar-refractivity contribution in [3.63, 3.8) is 0 Å². The van der Waals surface area contributed by atoms with Crippen LogP contribution in [0.5, 0.6) is 0 Å². The van der Waals surface area contributed by atoms with E-state index in [-0.39, 0.29) is 17.9 Å². The van der Waals surface area contributed by atoms with Crippen LogP contribution in [0.25, 0.3) is 0 Å². The molecule has 4 atom stereocenters. The lowest BCUT2D eigenvalue weighted by Gasteiger charge is -2.32. The predicted octanol–water partition coefficient (Wildman–Crippen LogP) is 2.14. The third-order valence-corrected chi connectivity index (χ3v) is 5.44. The Hall–Kier alpha value is -1.29. The van der Waals surface area contributed by atoms with Gasteiger partial charge in [0.15, 0.2) is 0 Å². The Labute approximate surface area is 119 Å². The zero-order valence-corrected chi connectivity index (χ0v) is 11.7. The molecule has 1 amide bonds. The first-order valence-electron chi connectivity index (χ1n) is 7.82. The van der Waals surface area contributed by atoms with Gasteiger partial charge in [-0.15, -0.1) is 0 Å². The van der Waals surface area contributed by atoms with Crippen LogP contribution in [0.2, 0.25) is 0 Å². The van der Waals surface area contributed by atoms with Crippen molar-refractivity contribution in [2.45, 2.75) is 50.7 Å². The van der Waals surface area contributed by atoms with Crippen LogP contribution in [0, 0.1) is 17.8 Å². The fourth-order valence-corrected chi connectivity index (χ4v) is 4.24. The molecule has 2 N–H and O–H groups in total. The van der Waals surface area contributed by atoms with Crippen LogP contribution in [-0.2, 0) is 11.3 Å². The van der Waals surface area contributed by atoms with Crippen LogP contribution in [-0.4, -0.2) is 22.9 Å². The highest BCUT2D eigenvalue weighted by Gasteiger charge is 2.51. The maximum Gasteiger partial charge on any atom is 0.228 e. The van der Waals surface area contributed by atoms with Crippen molar-refractivity contribution in [3.8, 4) is 0 Å². The van der Waals surface area contributed by atoms with Gasteiger partial charge < -0.3 is 15.1 Å². The highest BCUT2D eigenvalue weighted by Crippen LogP contribution is 2.49. The molecule has 4 heteroatoms. The Morgan fingerprint density at radius 2 is 2.10 bits per heavy atom. The van der Waals surface area contributed by atoms with Crippen molar-refractivity contribution in [1.82, 2.24) is 4.90 Å². The highest BCUT2D eigenvalue weighted by molar-refractivity contribution is 5.81. The van der Waals surface area contributed by atoms with Gasteiger partial charge in [0.2, 0.25) is 5.91 Å². The van der Waals surface area contributed by atoms with Crippen molar-refractivity contribution in [1.29, 1.82) is 0 Å². The second-order valence-corrected chi connectivity index (χ2v) is 6.71. The van der Waals surface area contributed by atoms with E-state index in [1.54, 1.807) is 6.26 Å². The van der Waals surface area contributed by atoms with Gasteiger partial charge in [0.25, 0.3) is 0 Å². The normalized spacial score (nSPS) is 35.5. The second kappa shape index (κ2) is 4.62. The lowest BCUT2D eigenvalue weighted by molar-refractivity contribution is -0.139. The van der Waals surface area contributed by atoms with E-state index >= 15 is 0 Å². The molecule has 1 aromatic rings. The molecule has 4 nitrogen and oxygen atoms in total. The van der Waals surface area contributed by atoms with E-state index < -0.39 is 0 Å². The van der Waals surface area contributed by atoms with E-state index in [2.05, 4.69) is 0 Å². The molecule has 0 aromatic carbocycles. The molecule has 3 aliphatic carbocycles. The van der Waals surface area contributed by atoms with Crippen LogP contribution in [0.4, 0.5) is 0 Å². The second-order valence-electron chi connectivity index (χ2n) is 6.71. The first-order chi connectivity index (χ1) is 9.74. The Morgan fingerprint density at radius 3 is 2.70 bits per heavy atom.